The number of hydrogen-bond acceptors (Lipinski definition) is 7. The lowest BCUT2D eigenvalue weighted by Crippen LogP contribution is -2.37. The van der Waals surface area contributed by atoms with Gasteiger partial charge in [0.05, 0.1) is 16.0 Å². The van der Waals surface area contributed by atoms with Crippen molar-refractivity contribution in [3.8, 4) is 22.6 Å². The minimum absolute atomic E-state index is 0.313. The lowest BCUT2D eigenvalue weighted by Gasteiger charge is -2.26. The van der Waals surface area contributed by atoms with E-state index < -0.39 is 15.6 Å². The Balaban J connectivity index is 1.71. The van der Waals surface area contributed by atoms with Crippen LogP contribution in [0.2, 0.25) is 0 Å². The first-order valence-electron chi connectivity index (χ1n) is 11.3. The van der Waals surface area contributed by atoms with Gasteiger partial charge in [-0.2, -0.15) is 0 Å². The van der Waals surface area contributed by atoms with Gasteiger partial charge in [-0.3, -0.25) is 0 Å². The zero-order valence-corrected chi connectivity index (χ0v) is 20.7. The Bertz CT molecular complexity index is 1510. The standard InChI is InChI=1S/C24H27N7O2S/c1-6-31-22(17-11-25-15(4)26-12-17)29-21-20(27-13-28-23(21)31)16-7-8-19-18(9-16)24(5,10-14(2)3)30-34(19,32)33/h7-9,11-14,30H,6,10H2,1-5H3/t24-/m0/s1. The molecule has 9 nitrogen and oxygen atoms in total. The first-order chi connectivity index (χ1) is 16.1. The molecule has 0 fully saturated rings. The summed E-state index contributed by atoms with van der Waals surface area (Å²) in [5.74, 6) is 1.72. The number of aryl methyl sites for hydroxylation is 2. The minimum Gasteiger partial charge on any atom is -0.309 e. The molecule has 10 heteroatoms. The number of aromatic nitrogens is 6. The molecule has 0 saturated heterocycles. The van der Waals surface area contributed by atoms with Crippen molar-refractivity contribution >= 4 is 21.2 Å². The highest BCUT2D eigenvalue weighted by Gasteiger charge is 2.43. The van der Waals surface area contributed by atoms with Crippen molar-refractivity contribution in [3.63, 3.8) is 0 Å². The van der Waals surface area contributed by atoms with E-state index in [0.29, 0.717) is 52.3 Å². The average molecular weight is 478 g/mol. The highest BCUT2D eigenvalue weighted by molar-refractivity contribution is 7.89. The summed E-state index contributed by atoms with van der Waals surface area (Å²) in [6.07, 6.45) is 5.72. The summed E-state index contributed by atoms with van der Waals surface area (Å²) in [6.45, 7) is 10.6. The number of nitrogens with zero attached hydrogens (tertiary/aromatic N) is 6. The topological polar surface area (TPSA) is 116 Å². The molecule has 5 rings (SSSR count). The van der Waals surface area contributed by atoms with Crippen molar-refractivity contribution in [1.29, 1.82) is 0 Å². The summed E-state index contributed by atoms with van der Waals surface area (Å²) in [6, 6.07) is 5.38. The van der Waals surface area contributed by atoms with Crippen molar-refractivity contribution in [1.82, 2.24) is 34.2 Å². The average Bonchev–Trinajstić information content (AvgIpc) is 3.25. The molecule has 34 heavy (non-hydrogen) atoms. The highest BCUT2D eigenvalue weighted by Crippen LogP contribution is 2.42. The van der Waals surface area contributed by atoms with Crippen LogP contribution in [0.3, 0.4) is 0 Å². The van der Waals surface area contributed by atoms with Crippen LogP contribution >= 0.6 is 0 Å². The Hall–Kier alpha value is -3.24. The van der Waals surface area contributed by atoms with E-state index in [-0.39, 0.29) is 0 Å². The molecule has 176 valence electrons. The molecule has 0 aliphatic carbocycles. The maximum absolute atomic E-state index is 12.8. The van der Waals surface area contributed by atoms with E-state index in [1.165, 1.54) is 6.33 Å². The van der Waals surface area contributed by atoms with Gasteiger partial charge >= 0.3 is 0 Å². The minimum atomic E-state index is -3.56. The number of hydrogen-bond donors (Lipinski definition) is 1. The predicted molar refractivity (Wildman–Crippen MR) is 129 cm³/mol. The third-order valence-electron chi connectivity index (χ3n) is 6.20. The van der Waals surface area contributed by atoms with Gasteiger partial charge < -0.3 is 4.57 Å². The number of imidazole rings is 1. The van der Waals surface area contributed by atoms with Crippen LogP contribution in [0.1, 0.15) is 45.5 Å². The van der Waals surface area contributed by atoms with Crippen LogP contribution in [0.4, 0.5) is 0 Å². The number of rotatable bonds is 5. The largest absolute Gasteiger partial charge is 0.309 e. The molecule has 3 aromatic heterocycles. The van der Waals surface area contributed by atoms with Crippen LogP contribution < -0.4 is 4.72 Å². The molecule has 0 unspecified atom stereocenters. The van der Waals surface area contributed by atoms with E-state index in [1.807, 2.05) is 31.4 Å². The molecule has 1 aliphatic rings. The molecule has 1 N–H and O–H groups in total. The van der Waals surface area contributed by atoms with Crippen molar-refractivity contribution in [2.45, 2.75) is 58.0 Å². The van der Waals surface area contributed by atoms with Gasteiger partial charge in [-0.1, -0.05) is 19.9 Å². The molecule has 0 bridgehead atoms. The molecular formula is C24H27N7O2S. The molecule has 0 radical (unpaired) electrons. The van der Waals surface area contributed by atoms with Crippen molar-refractivity contribution in [2.24, 2.45) is 5.92 Å². The third-order valence-corrected chi connectivity index (χ3v) is 7.85. The Morgan fingerprint density at radius 2 is 1.82 bits per heavy atom. The summed E-state index contributed by atoms with van der Waals surface area (Å²) < 4.78 is 30.5. The van der Waals surface area contributed by atoms with Gasteiger partial charge in [0.15, 0.2) is 5.65 Å². The van der Waals surface area contributed by atoms with Crippen LogP contribution in [-0.4, -0.2) is 37.9 Å². The van der Waals surface area contributed by atoms with Gasteiger partial charge in [0, 0.05) is 24.5 Å². The van der Waals surface area contributed by atoms with Crippen LogP contribution in [0.15, 0.2) is 41.8 Å². The maximum atomic E-state index is 12.8. The lowest BCUT2D eigenvalue weighted by molar-refractivity contribution is 0.354. The first-order valence-corrected chi connectivity index (χ1v) is 12.8. The Morgan fingerprint density at radius 1 is 1.09 bits per heavy atom. The van der Waals surface area contributed by atoms with Gasteiger partial charge in [-0.05, 0) is 50.8 Å². The van der Waals surface area contributed by atoms with E-state index in [4.69, 9.17) is 4.98 Å². The summed E-state index contributed by atoms with van der Waals surface area (Å²) in [4.78, 5) is 22.9. The Morgan fingerprint density at radius 3 is 2.50 bits per heavy atom. The van der Waals surface area contributed by atoms with Gasteiger partial charge in [0.2, 0.25) is 10.0 Å². The first kappa shape index (κ1) is 22.5. The summed E-state index contributed by atoms with van der Waals surface area (Å²) in [5, 5.41) is 0. The Labute approximate surface area is 198 Å². The zero-order chi connectivity index (χ0) is 24.3. The summed E-state index contributed by atoms with van der Waals surface area (Å²) in [5.41, 5.74) is 3.69. The second-order valence-corrected chi connectivity index (χ2v) is 11.0. The number of nitrogens with one attached hydrogen (secondary N) is 1. The molecule has 0 saturated carbocycles. The van der Waals surface area contributed by atoms with Gasteiger partial charge in [0.1, 0.15) is 29.2 Å². The fraction of sp³-hybridized carbons (Fsp3) is 0.375. The second-order valence-electron chi connectivity index (χ2n) is 9.34. The van der Waals surface area contributed by atoms with Gasteiger partial charge in [-0.15, -0.1) is 0 Å². The maximum Gasteiger partial charge on any atom is 0.241 e. The summed E-state index contributed by atoms with van der Waals surface area (Å²) >= 11 is 0. The molecule has 4 aromatic rings. The van der Waals surface area contributed by atoms with Crippen LogP contribution in [-0.2, 0) is 22.1 Å². The molecule has 0 amide bonds. The van der Waals surface area contributed by atoms with Gasteiger partial charge in [-0.25, -0.2) is 38.1 Å². The van der Waals surface area contributed by atoms with E-state index in [1.54, 1.807) is 24.5 Å². The second kappa shape index (κ2) is 7.92. The number of fused-ring (bicyclic) bond motifs is 2. The van der Waals surface area contributed by atoms with E-state index in [2.05, 4.69) is 38.5 Å². The highest BCUT2D eigenvalue weighted by atomic mass is 32.2. The van der Waals surface area contributed by atoms with Crippen LogP contribution in [0, 0.1) is 12.8 Å². The van der Waals surface area contributed by atoms with Crippen molar-refractivity contribution in [2.75, 3.05) is 0 Å². The molecule has 1 atom stereocenters. The normalized spacial score (nSPS) is 19.1. The lowest BCUT2D eigenvalue weighted by atomic mass is 9.84. The molecule has 1 aromatic carbocycles. The van der Waals surface area contributed by atoms with Crippen LogP contribution in [0.5, 0.6) is 0 Å². The summed E-state index contributed by atoms with van der Waals surface area (Å²) in [7, 11) is -3.56. The SMILES string of the molecule is CCn1c(-c2cnc(C)nc2)nc2c(-c3ccc4c(c3)[C@](C)(CC(C)C)NS4(=O)=O)ncnc21. The van der Waals surface area contributed by atoms with Crippen LogP contribution in [0.25, 0.3) is 33.8 Å². The predicted octanol–water partition coefficient (Wildman–Crippen LogP) is 3.83. The quantitative estimate of drug-likeness (QED) is 0.464. The van der Waals surface area contributed by atoms with Crippen molar-refractivity contribution in [3.05, 3.63) is 48.3 Å². The molecule has 0 spiro atoms. The van der Waals surface area contributed by atoms with E-state index in [0.717, 1.165) is 16.7 Å². The Kier molecular flexibility index (Phi) is 5.25. The fourth-order valence-electron chi connectivity index (χ4n) is 4.89. The molecule has 1 aliphatic heterocycles. The van der Waals surface area contributed by atoms with E-state index >= 15 is 0 Å². The van der Waals surface area contributed by atoms with Crippen molar-refractivity contribution < 1.29 is 8.42 Å². The molecule has 4 heterocycles. The monoisotopic (exact) mass is 477 g/mol. The third kappa shape index (κ3) is 3.57. The molecular weight excluding hydrogens is 450 g/mol. The van der Waals surface area contributed by atoms with Gasteiger partial charge in [0.25, 0.3) is 0 Å². The fourth-order valence-corrected chi connectivity index (χ4v) is 6.61. The van der Waals surface area contributed by atoms with E-state index in [9.17, 15) is 8.42 Å². The zero-order valence-electron chi connectivity index (χ0n) is 19.9. The number of sulfonamides is 1. The smallest absolute Gasteiger partial charge is 0.241 e. The number of benzene rings is 1.